The molecule has 0 spiro atoms. The summed E-state index contributed by atoms with van der Waals surface area (Å²) in [5.74, 6) is 0.775. The number of ether oxygens (including phenoxy) is 1. The normalized spacial score (nSPS) is 10.2. The van der Waals surface area contributed by atoms with Gasteiger partial charge in [-0.25, -0.2) is 0 Å². The molecular weight excluding hydrogens is 368 g/mol. The summed E-state index contributed by atoms with van der Waals surface area (Å²) >= 11 is 0. The second kappa shape index (κ2) is 10.2. The molecular formula is C18H24N4O4S. The zero-order valence-corrected chi connectivity index (χ0v) is 16.4. The average molecular weight is 392 g/mol. The van der Waals surface area contributed by atoms with E-state index in [0.717, 1.165) is 11.1 Å². The largest absolute Gasteiger partial charge is 0.494 e. The molecule has 0 atom stereocenters. The van der Waals surface area contributed by atoms with Crippen molar-refractivity contribution >= 4 is 22.8 Å². The fourth-order valence-corrected chi connectivity index (χ4v) is 3.06. The van der Waals surface area contributed by atoms with Gasteiger partial charge in [-0.05, 0) is 56.2 Å². The Balaban J connectivity index is 0.000000527. The monoisotopic (exact) mass is 392 g/mol. The summed E-state index contributed by atoms with van der Waals surface area (Å²) in [4.78, 5) is 0.141. The number of nitrogens with zero attached hydrogens (tertiary/aromatic N) is 2. The van der Waals surface area contributed by atoms with E-state index >= 15 is 0 Å². The van der Waals surface area contributed by atoms with E-state index in [1.807, 2.05) is 32.9 Å². The molecule has 0 unspecified atom stereocenters. The van der Waals surface area contributed by atoms with Crippen LogP contribution in [0.2, 0.25) is 0 Å². The molecule has 9 heteroatoms. The van der Waals surface area contributed by atoms with Crippen LogP contribution < -0.4 is 20.4 Å². The van der Waals surface area contributed by atoms with Crippen molar-refractivity contribution in [3.63, 3.8) is 0 Å². The lowest BCUT2D eigenvalue weighted by molar-refractivity contribution is 0.338. The van der Waals surface area contributed by atoms with Gasteiger partial charge in [0.05, 0.1) is 6.61 Å². The Morgan fingerprint density at radius 1 is 1.07 bits per heavy atom. The molecule has 0 fully saturated rings. The SMILES string of the molecule is C=NN=C(N)N.CCOc1cc(C)cc(OS(=O)(=O)c2cccc(C)c2)c1. The molecule has 4 N–H and O–H groups in total. The van der Waals surface area contributed by atoms with Gasteiger partial charge >= 0.3 is 10.1 Å². The van der Waals surface area contributed by atoms with Gasteiger partial charge in [-0.3, -0.25) is 0 Å². The summed E-state index contributed by atoms with van der Waals surface area (Å²) in [6.45, 7) is 9.07. The molecule has 27 heavy (non-hydrogen) atoms. The van der Waals surface area contributed by atoms with Crippen molar-refractivity contribution in [1.29, 1.82) is 0 Å². The molecule has 0 heterocycles. The predicted molar refractivity (Wildman–Crippen MR) is 107 cm³/mol. The summed E-state index contributed by atoms with van der Waals surface area (Å²) in [6, 6.07) is 11.7. The van der Waals surface area contributed by atoms with Crippen LogP contribution in [0.5, 0.6) is 11.5 Å². The Morgan fingerprint density at radius 3 is 2.26 bits per heavy atom. The first-order valence-corrected chi connectivity index (χ1v) is 9.39. The van der Waals surface area contributed by atoms with Gasteiger partial charge in [0.2, 0.25) is 5.96 Å². The molecule has 0 saturated heterocycles. The zero-order chi connectivity index (χ0) is 20.4. The van der Waals surface area contributed by atoms with E-state index in [2.05, 4.69) is 16.9 Å². The fourth-order valence-electron chi connectivity index (χ4n) is 2.04. The molecule has 0 amide bonds. The van der Waals surface area contributed by atoms with Crippen molar-refractivity contribution in [3.8, 4) is 11.5 Å². The van der Waals surface area contributed by atoms with Crippen molar-refractivity contribution in [2.24, 2.45) is 21.7 Å². The van der Waals surface area contributed by atoms with Gasteiger partial charge in [0, 0.05) is 12.8 Å². The molecule has 2 rings (SSSR count). The van der Waals surface area contributed by atoms with Gasteiger partial charge in [0.15, 0.2) is 0 Å². The predicted octanol–water partition coefficient (Wildman–Crippen LogP) is 2.35. The second-order valence-corrected chi connectivity index (χ2v) is 6.98. The molecule has 0 aliphatic rings. The number of hydrogen-bond acceptors (Lipinski definition) is 6. The molecule has 0 aliphatic carbocycles. The Labute approximate surface area is 159 Å². The van der Waals surface area contributed by atoms with Crippen LogP contribution in [0.15, 0.2) is 57.6 Å². The van der Waals surface area contributed by atoms with Crippen LogP contribution in [0, 0.1) is 13.8 Å². The third-order valence-corrected chi connectivity index (χ3v) is 4.25. The number of aryl methyl sites for hydroxylation is 2. The molecule has 2 aromatic carbocycles. The number of guanidine groups is 1. The van der Waals surface area contributed by atoms with Gasteiger partial charge in [-0.2, -0.15) is 13.5 Å². The number of benzene rings is 2. The summed E-state index contributed by atoms with van der Waals surface area (Å²) in [6.07, 6.45) is 0. The van der Waals surface area contributed by atoms with Crippen LogP contribution in [0.4, 0.5) is 0 Å². The van der Waals surface area contributed by atoms with Gasteiger partial charge < -0.3 is 20.4 Å². The maximum absolute atomic E-state index is 12.3. The van der Waals surface area contributed by atoms with E-state index in [0.29, 0.717) is 12.4 Å². The van der Waals surface area contributed by atoms with Gasteiger partial charge in [0.25, 0.3) is 0 Å². The lowest BCUT2D eigenvalue weighted by Gasteiger charge is -2.10. The van der Waals surface area contributed by atoms with Crippen molar-refractivity contribution in [2.75, 3.05) is 6.61 Å². The molecule has 0 aliphatic heterocycles. The average Bonchev–Trinajstić information content (AvgIpc) is 2.54. The standard InChI is InChI=1S/C16H18O4S.C2H6N4/c1-4-19-14-8-13(3)9-15(11-14)20-21(17,18)16-7-5-6-12(2)10-16;1-5-6-2(3)4/h5-11H,4H2,1-3H3;1H2,(H4,3,4,6). The summed E-state index contributed by atoms with van der Waals surface area (Å²) in [5, 5.41) is 6.13. The highest BCUT2D eigenvalue weighted by Crippen LogP contribution is 2.25. The first kappa shape index (κ1) is 22.0. The van der Waals surface area contributed by atoms with Crippen LogP contribution in [0.3, 0.4) is 0 Å². The van der Waals surface area contributed by atoms with Gasteiger partial charge in [-0.15, -0.1) is 5.10 Å². The van der Waals surface area contributed by atoms with Crippen molar-refractivity contribution < 1.29 is 17.3 Å². The molecule has 0 radical (unpaired) electrons. The van der Waals surface area contributed by atoms with E-state index in [9.17, 15) is 8.42 Å². The van der Waals surface area contributed by atoms with Crippen LogP contribution in [-0.4, -0.2) is 27.7 Å². The molecule has 0 saturated carbocycles. The fraction of sp³-hybridized carbons (Fsp3) is 0.222. The van der Waals surface area contributed by atoms with Gasteiger partial charge in [-0.1, -0.05) is 12.1 Å². The Morgan fingerprint density at radius 2 is 1.74 bits per heavy atom. The summed E-state index contributed by atoms with van der Waals surface area (Å²) < 4.78 is 35.1. The van der Waals surface area contributed by atoms with Crippen molar-refractivity contribution in [2.45, 2.75) is 25.7 Å². The Hall–Kier alpha value is -3.07. The zero-order valence-electron chi connectivity index (χ0n) is 15.5. The van der Waals surface area contributed by atoms with Crippen LogP contribution in [0.25, 0.3) is 0 Å². The summed E-state index contributed by atoms with van der Waals surface area (Å²) in [7, 11) is -3.84. The second-order valence-electron chi connectivity index (χ2n) is 5.44. The van der Waals surface area contributed by atoms with Crippen LogP contribution in [-0.2, 0) is 10.1 Å². The van der Waals surface area contributed by atoms with E-state index in [1.54, 1.807) is 24.3 Å². The molecule has 2 aromatic rings. The third kappa shape index (κ3) is 7.78. The summed E-state index contributed by atoms with van der Waals surface area (Å²) in [5.41, 5.74) is 11.3. The molecule has 0 aromatic heterocycles. The van der Waals surface area contributed by atoms with Crippen LogP contribution >= 0.6 is 0 Å². The van der Waals surface area contributed by atoms with Gasteiger partial charge in [0.1, 0.15) is 16.4 Å². The quantitative estimate of drug-likeness (QED) is 0.336. The highest BCUT2D eigenvalue weighted by Gasteiger charge is 2.17. The van der Waals surface area contributed by atoms with Crippen molar-refractivity contribution in [3.05, 3.63) is 53.6 Å². The van der Waals surface area contributed by atoms with E-state index < -0.39 is 10.1 Å². The van der Waals surface area contributed by atoms with E-state index in [1.165, 1.54) is 6.07 Å². The maximum atomic E-state index is 12.3. The Bertz CT molecular complexity index is 907. The Kier molecular flexibility index (Phi) is 8.28. The maximum Gasteiger partial charge on any atom is 0.339 e. The first-order valence-electron chi connectivity index (χ1n) is 7.98. The lowest BCUT2D eigenvalue weighted by atomic mass is 10.2. The highest BCUT2D eigenvalue weighted by molar-refractivity contribution is 7.87. The third-order valence-electron chi connectivity index (χ3n) is 3.01. The highest BCUT2D eigenvalue weighted by atomic mass is 32.2. The number of rotatable bonds is 6. The molecule has 0 bridgehead atoms. The van der Waals surface area contributed by atoms with Crippen LogP contribution in [0.1, 0.15) is 18.1 Å². The molecule has 8 nitrogen and oxygen atoms in total. The smallest absolute Gasteiger partial charge is 0.339 e. The molecule has 146 valence electrons. The van der Waals surface area contributed by atoms with E-state index in [-0.39, 0.29) is 16.6 Å². The van der Waals surface area contributed by atoms with E-state index in [4.69, 9.17) is 20.4 Å². The minimum absolute atomic E-state index is 0.0648. The minimum Gasteiger partial charge on any atom is -0.494 e. The first-order chi connectivity index (χ1) is 12.7. The van der Waals surface area contributed by atoms with Crippen molar-refractivity contribution in [1.82, 2.24) is 0 Å². The topological polar surface area (TPSA) is 129 Å². The number of hydrogen-bond donors (Lipinski definition) is 2. The number of nitrogens with two attached hydrogens (primary N) is 2. The minimum atomic E-state index is -3.84. The lowest BCUT2D eigenvalue weighted by Crippen LogP contribution is -2.21.